The summed E-state index contributed by atoms with van der Waals surface area (Å²) in [4.78, 5) is 16.6. The lowest BCUT2D eigenvalue weighted by Crippen LogP contribution is -2.31. The molecule has 0 saturated heterocycles. The summed E-state index contributed by atoms with van der Waals surface area (Å²) in [5.74, 6) is 0. The number of imidazole rings is 1. The van der Waals surface area contributed by atoms with Gasteiger partial charge in [-0.1, -0.05) is 0 Å². The number of H-pyrrole nitrogens is 1. The van der Waals surface area contributed by atoms with Crippen molar-refractivity contribution in [3.8, 4) is 0 Å². The minimum Gasteiger partial charge on any atom is -0.313 e. The smallest absolute Gasteiger partial charge is 0.313 e. The van der Waals surface area contributed by atoms with Gasteiger partial charge in [-0.25, -0.2) is 4.79 Å². The van der Waals surface area contributed by atoms with E-state index in [1.54, 1.807) is 17.0 Å². The molecule has 0 unspecified atom stereocenters. The monoisotopic (exact) mass is 261 g/mol. The first-order valence-corrected chi connectivity index (χ1v) is 6.68. The molecule has 102 valence electrons. The Bertz CT molecular complexity index is 592. The fraction of sp³-hybridized carbons (Fsp3) is 0.538. The molecule has 2 heterocycles. The van der Waals surface area contributed by atoms with Gasteiger partial charge in [0.05, 0.1) is 6.20 Å². The van der Waals surface area contributed by atoms with E-state index in [1.807, 2.05) is 17.9 Å². The molecular weight excluding hydrogens is 242 g/mol. The van der Waals surface area contributed by atoms with Gasteiger partial charge in [0.1, 0.15) is 0 Å². The van der Waals surface area contributed by atoms with Crippen molar-refractivity contribution in [2.24, 2.45) is 7.05 Å². The molecule has 2 aromatic heterocycles. The highest BCUT2D eigenvalue weighted by Crippen LogP contribution is 2.28. The topological polar surface area (TPSA) is 58.9 Å². The molecule has 1 saturated carbocycles. The van der Waals surface area contributed by atoms with E-state index in [0.29, 0.717) is 6.04 Å². The number of aryl methyl sites for hydroxylation is 1. The molecule has 0 spiro atoms. The number of hydrogen-bond donors (Lipinski definition) is 1. The first-order chi connectivity index (χ1) is 9.22. The lowest BCUT2D eigenvalue weighted by molar-refractivity contribution is 0.243. The predicted octanol–water partition coefficient (Wildman–Crippen LogP) is 0.574. The second-order valence-corrected chi connectivity index (χ2v) is 5.18. The maximum atomic E-state index is 11.5. The first-order valence-electron chi connectivity index (χ1n) is 6.68. The second kappa shape index (κ2) is 5.05. The van der Waals surface area contributed by atoms with Gasteiger partial charge in [0, 0.05) is 56.9 Å². The molecular formula is C13H19N5O. The highest BCUT2D eigenvalue weighted by atomic mass is 16.1. The molecule has 6 nitrogen and oxygen atoms in total. The number of nitrogens with zero attached hydrogens (tertiary/aromatic N) is 4. The molecule has 19 heavy (non-hydrogen) atoms. The molecule has 3 rings (SSSR count). The van der Waals surface area contributed by atoms with Crippen molar-refractivity contribution in [2.45, 2.75) is 32.0 Å². The molecule has 0 bridgehead atoms. The molecule has 0 aliphatic heterocycles. The van der Waals surface area contributed by atoms with Crippen LogP contribution in [0.25, 0.3) is 0 Å². The predicted molar refractivity (Wildman–Crippen MR) is 71.7 cm³/mol. The lowest BCUT2D eigenvalue weighted by atomic mass is 10.3. The van der Waals surface area contributed by atoms with Gasteiger partial charge in [-0.3, -0.25) is 14.1 Å². The lowest BCUT2D eigenvalue weighted by Gasteiger charge is -2.21. The Morgan fingerprint density at radius 3 is 2.95 bits per heavy atom. The first kappa shape index (κ1) is 12.2. The van der Waals surface area contributed by atoms with Crippen molar-refractivity contribution in [1.29, 1.82) is 0 Å². The van der Waals surface area contributed by atoms with Crippen LogP contribution >= 0.6 is 0 Å². The Labute approximate surface area is 111 Å². The van der Waals surface area contributed by atoms with Gasteiger partial charge in [0.25, 0.3) is 0 Å². The molecule has 1 fully saturated rings. The minimum atomic E-state index is -0.0304. The summed E-state index contributed by atoms with van der Waals surface area (Å²) in [7, 11) is 1.93. The van der Waals surface area contributed by atoms with Gasteiger partial charge in [-0.2, -0.15) is 5.10 Å². The molecule has 6 heteroatoms. The fourth-order valence-corrected chi connectivity index (χ4v) is 2.38. The Morgan fingerprint density at radius 2 is 2.37 bits per heavy atom. The van der Waals surface area contributed by atoms with E-state index >= 15 is 0 Å². The number of aromatic amines is 1. The molecule has 0 aromatic carbocycles. The van der Waals surface area contributed by atoms with Crippen molar-refractivity contribution in [3.63, 3.8) is 0 Å². The maximum Gasteiger partial charge on any atom is 0.325 e. The summed E-state index contributed by atoms with van der Waals surface area (Å²) in [5, 5.41) is 4.20. The van der Waals surface area contributed by atoms with Crippen molar-refractivity contribution >= 4 is 0 Å². The van der Waals surface area contributed by atoms with Crippen LogP contribution in [0.1, 0.15) is 18.4 Å². The minimum absolute atomic E-state index is 0.0304. The molecule has 0 radical (unpaired) electrons. The molecule has 1 N–H and O–H groups in total. The molecule has 0 amide bonds. The number of aromatic nitrogens is 4. The van der Waals surface area contributed by atoms with Crippen LogP contribution in [0, 0.1) is 0 Å². The number of nitrogens with one attached hydrogen (secondary N) is 1. The zero-order chi connectivity index (χ0) is 13.2. The third-order valence-electron chi connectivity index (χ3n) is 3.56. The number of rotatable bonds is 6. The highest BCUT2D eigenvalue weighted by molar-refractivity contribution is 5.04. The van der Waals surface area contributed by atoms with Crippen LogP contribution < -0.4 is 5.69 Å². The van der Waals surface area contributed by atoms with Gasteiger partial charge in [-0.05, 0) is 12.8 Å². The van der Waals surface area contributed by atoms with Gasteiger partial charge in [0.15, 0.2) is 0 Å². The van der Waals surface area contributed by atoms with E-state index in [4.69, 9.17) is 0 Å². The Kier molecular flexibility index (Phi) is 3.25. The average molecular weight is 261 g/mol. The van der Waals surface area contributed by atoms with Crippen molar-refractivity contribution in [1.82, 2.24) is 24.2 Å². The number of hydrogen-bond acceptors (Lipinski definition) is 3. The van der Waals surface area contributed by atoms with E-state index in [2.05, 4.69) is 21.2 Å². The van der Waals surface area contributed by atoms with E-state index < -0.39 is 0 Å². The maximum absolute atomic E-state index is 11.5. The summed E-state index contributed by atoms with van der Waals surface area (Å²) in [6.07, 6.45) is 9.99. The zero-order valence-corrected chi connectivity index (χ0v) is 11.1. The van der Waals surface area contributed by atoms with E-state index in [-0.39, 0.29) is 5.69 Å². The fourth-order valence-electron chi connectivity index (χ4n) is 2.38. The summed E-state index contributed by atoms with van der Waals surface area (Å²) in [6, 6.07) is 0.676. The van der Waals surface area contributed by atoms with Crippen LogP contribution in [0.2, 0.25) is 0 Å². The van der Waals surface area contributed by atoms with Crippen LogP contribution in [0.15, 0.2) is 29.6 Å². The summed E-state index contributed by atoms with van der Waals surface area (Å²) >= 11 is 0. The van der Waals surface area contributed by atoms with Gasteiger partial charge >= 0.3 is 5.69 Å². The van der Waals surface area contributed by atoms with Crippen molar-refractivity contribution in [3.05, 3.63) is 40.8 Å². The second-order valence-electron chi connectivity index (χ2n) is 5.18. The average Bonchev–Trinajstić information content (AvgIpc) is 3.04. The quantitative estimate of drug-likeness (QED) is 0.827. The zero-order valence-electron chi connectivity index (χ0n) is 11.1. The van der Waals surface area contributed by atoms with Crippen molar-refractivity contribution in [2.75, 3.05) is 6.54 Å². The normalized spacial score (nSPS) is 15.3. The van der Waals surface area contributed by atoms with E-state index in [0.717, 1.165) is 19.6 Å². The van der Waals surface area contributed by atoms with Gasteiger partial charge in [0.2, 0.25) is 0 Å². The van der Waals surface area contributed by atoms with Crippen LogP contribution in [0.4, 0.5) is 0 Å². The van der Waals surface area contributed by atoms with Crippen LogP contribution in [-0.4, -0.2) is 36.8 Å². The van der Waals surface area contributed by atoms with Crippen molar-refractivity contribution < 1.29 is 0 Å². The van der Waals surface area contributed by atoms with Crippen LogP contribution in [0.3, 0.4) is 0 Å². The highest BCUT2D eigenvalue weighted by Gasteiger charge is 2.28. The third kappa shape index (κ3) is 2.96. The van der Waals surface area contributed by atoms with Crippen LogP contribution in [-0.2, 0) is 20.1 Å². The SMILES string of the molecule is Cn1cc(CN(CCn2cc[nH]c2=O)C2CC2)cn1. The Balaban J connectivity index is 1.62. The standard InChI is InChI=1S/C13H19N5O/c1-16-9-11(8-15-16)10-18(12-2-3-12)7-6-17-5-4-14-13(17)19/h4-5,8-9,12H,2-3,6-7,10H2,1H3,(H,14,19). The summed E-state index contributed by atoms with van der Waals surface area (Å²) in [6.45, 7) is 2.55. The third-order valence-corrected chi connectivity index (χ3v) is 3.56. The molecule has 1 aliphatic rings. The van der Waals surface area contributed by atoms with E-state index in [9.17, 15) is 4.79 Å². The summed E-state index contributed by atoms with van der Waals surface area (Å²) in [5.41, 5.74) is 1.20. The molecule has 2 aromatic rings. The molecule has 0 atom stereocenters. The Hall–Kier alpha value is -1.82. The van der Waals surface area contributed by atoms with Crippen LogP contribution in [0.5, 0.6) is 0 Å². The molecule has 1 aliphatic carbocycles. The van der Waals surface area contributed by atoms with Gasteiger partial charge in [-0.15, -0.1) is 0 Å². The Morgan fingerprint density at radius 1 is 1.53 bits per heavy atom. The summed E-state index contributed by atoms with van der Waals surface area (Å²) < 4.78 is 3.55. The van der Waals surface area contributed by atoms with E-state index in [1.165, 1.54) is 18.4 Å². The van der Waals surface area contributed by atoms with Gasteiger partial charge < -0.3 is 4.98 Å². The largest absolute Gasteiger partial charge is 0.325 e.